The van der Waals surface area contributed by atoms with Gasteiger partial charge in [-0.15, -0.1) is 0 Å². The Labute approximate surface area is 148 Å². The summed E-state index contributed by atoms with van der Waals surface area (Å²) in [5.74, 6) is 1.60. The lowest BCUT2D eigenvalue weighted by atomic mass is 9.99. The Hall–Kier alpha value is -2.11. The number of benzene rings is 1. The van der Waals surface area contributed by atoms with E-state index in [9.17, 15) is 0 Å². The molecule has 1 fully saturated rings. The highest BCUT2D eigenvalue weighted by atomic mass is 16.5. The quantitative estimate of drug-likeness (QED) is 0.907. The number of fused-ring (bicyclic) bond motifs is 1. The minimum Gasteiger partial charge on any atom is -0.492 e. The monoisotopic (exact) mass is 339 g/mol. The highest BCUT2D eigenvalue weighted by Gasteiger charge is 2.21. The van der Waals surface area contributed by atoms with E-state index in [4.69, 9.17) is 15.2 Å². The van der Waals surface area contributed by atoms with E-state index in [-0.39, 0.29) is 0 Å². The molecular weight excluding hydrogens is 314 g/mol. The van der Waals surface area contributed by atoms with Crippen LogP contribution in [0.4, 0.5) is 5.82 Å². The summed E-state index contributed by atoms with van der Waals surface area (Å²) in [6, 6.07) is 10.1. The molecule has 1 aliphatic carbocycles. The molecule has 132 valence electrons. The molecule has 0 atom stereocenters. The van der Waals surface area contributed by atoms with Gasteiger partial charge in [0.2, 0.25) is 0 Å². The van der Waals surface area contributed by atoms with Crippen molar-refractivity contribution < 1.29 is 9.47 Å². The van der Waals surface area contributed by atoms with Crippen LogP contribution in [0.25, 0.3) is 11.3 Å². The molecular formula is C20H25N3O2. The van der Waals surface area contributed by atoms with Crippen LogP contribution in [0.2, 0.25) is 0 Å². The molecule has 0 saturated carbocycles. The van der Waals surface area contributed by atoms with Crippen molar-refractivity contribution in [3.63, 3.8) is 0 Å². The average molecular weight is 339 g/mol. The Morgan fingerprint density at radius 3 is 2.76 bits per heavy atom. The first kappa shape index (κ1) is 16.4. The van der Waals surface area contributed by atoms with Gasteiger partial charge in [-0.3, -0.25) is 4.90 Å². The van der Waals surface area contributed by atoms with Crippen LogP contribution in [0.5, 0.6) is 5.75 Å². The van der Waals surface area contributed by atoms with E-state index in [2.05, 4.69) is 22.0 Å². The lowest BCUT2D eigenvalue weighted by Crippen LogP contribution is -2.38. The summed E-state index contributed by atoms with van der Waals surface area (Å²) in [5, 5.41) is 0. The molecule has 0 amide bonds. The third-order valence-corrected chi connectivity index (χ3v) is 5.06. The van der Waals surface area contributed by atoms with Crippen LogP contribution in [0, 0.1) is 0 Å². The van der Waals surface area contributed by atoms with Crippen LogP contribution in [0.1, 0.15) is 17.5 Å². The third kappa shape index (κ3) is 3.62. The molecule has 2 heterocycles. The number of pyridine rings is 1. The standard InChI is InChI=1S/C20H25N3O2/c21-20-6-2-5-18(22-20)16-7-8-19(17-4-1-3-15(16)17)25-14-11-23-9-12-24-13-10-23/h2,5-8H,1,3-4,9-14H2,(H2,21,22). The Bertz CT molecular complexity index is 742. The number of hydrogen-bond donors (Lipinski definition) is 1. The zero-order valence-corrected chi connectivity index (χ0v) is 14.5. The Morgan fingerprint density at radius 2 is 1.92 bits per heavy atom. The molecule has 2 N–H and O–H groups in total. The van der Waals surface area contributed by atoms with Crippen molar-refractivity contribution >= 4 is 5.82 Å². The van der Waals surface area contributed by atoms with Crippen molar-refractivity contribution in [1.29, 1.82) is 0 Å². The van der Waals surface area contributed by atoms with E-state index in [0.29, 0.717) is 5.82 Å². The number of nitrogen functional groups attached to an aromatic ring is 1. The van der Waals surface area contributed by atoms with Gasteiger partial charge >= 0.3 is 0 Å². The molecule has 5 nitrogen and oxygen atoms in total. The number of nitrogens with two attached hydrogens (primary N) is 1. The van der Waals surface area contributed by atoms with Gasteiger partial charge in [-0.1, -0.05) is 6.07 Å². The lowest BCUT2D eigenvalue weighted by Gasteiger charge is -2.26. The largest absolute Gasteiger partial charge is 0.492 e. The summed E-state index contributed by atoms with van der Waals surface area (Å²) in [6.45, 7) is 5.34. The van der Waals surface area contributed by atoms with Crippen LogP contribution >= 0.6 is 0 Å². The lowest BCUT2D eigenvalue weighted by molar-refractivity contribution is 0.0322. The molecule has 2 aromatic rings. The summed E-state index contributed by atoms with van der Waals surface area (Å²) in [5.41, 5.74) is 10.7. The van der Waals surface area contributed by atoms with Crippen LogP contribution in [-0.2, 0) is 17.6 Å². The summed E-state index contributed by atoms with van der Waals surface area (Å²) in [4.78, 5) is 6.89. The highest BCUT2D eigenvalue weighted by molar-refractivity contribution is 5.69. The predicted octanol–water partition coefficient (Wildman–Crippen LogP) is 2.53. The van der Waals surface area contributed by atoms with E-state index >= 15 is 0 Å². The van der Waals surface area contributed by atoms with Crippen LogP contribution in [0.3, 0.4) is 0 Å². The maximum absolute atomic E-state index is 6.14. The van der Waals surface area contributed by atoms with Gasteiger partial charge in [-0.05, 0) is 54.7 Å². The second-order valence-corrected chi connectivity index (χ2v) is 6.67. The molecule has 0 bridgehead atoms. The Balaban J connectivity index is 1.49. The van der Waals surface area contributed by atoms with Crippen molar-refractivity contribution in [3.05, 3.63) is 41.5 Å². The molecule has 4 rings (SSSR count). The molecule has 25 heavy (non-hydrogen) atoms. The second-order valence-electron chi connectivity index (χ2n) is 6.67. The van der Waals surface area contributed by atoms with Gasteiger partial charge in [0, 0.05) is 25.2 Å². The minimum absolute atomic E-state index is 0.565. The molecule has 1 saturated heterocycles. The highest BCUT2D eigenvalue weighted by Crippen LogP contribution is 2.37. The summed E-state index contributed by atoms with van der Waals surface area (Å²) < 4.78 is 11.5. The number of ether oxygens (including phenoxy) is 2. The van der Waals surface area contributed by atoms with Gasteiger partial charge in [-0.2, -0.15) is 0 Å². The van der Waals surface area contributed by atoms with E-state index < -0.39 is 0 Å². The zero-order chi connectivity index (χ0) is 17.1. The topological polar surface area (TPSA) is 60.6 Å². The van der Waals surface area contributed by atoms with Gasteiger partial charge in [0.15, 0.2) is 0 Å². The molecule has 2 aliphatic rings. The Morgan fingerprint density at radius 1 is 1.08 bits per heavy atom. The van der Waals surface area contributed by atoms with Crippen LogP contribution in [-0.4, -0.2) is 49.3 Å². The molecule has 1 aromatic heterocycles. The fraction of sp³-hybridized carbons (Fsp3) is 0.450. The minimum atomic E-state index is 0.565. The number of anilines is 1. The first-order valence-corrected chi connectivity index (χ1v) is 9.12. The van der Waals surface area contributed by atoms with E-state index in [1.807, 2.05) is 18.2 Å². The van der Waals surface area contributed by atoms with Gasteiger partial charge < -0.3 is 15.2 Å². The fourth-order valence-corrected chi connectivity index (χ4v) is 3.76. The maximum Gasteiger partial charge on any atom is 0.124 e. The summed E-state index contributed by atoms with van der Waals surface area (Å²) in [7, 11) is 0. The molecule has 0 spiro atoms. The van der Waals surface area contributed by atoms with Crippen molar-refractivity contribution in [2.45, 2.75) is 19.3 Å². The molecule has 0 unspecified atom stereocenters. The zero-order valence-electron chi connectivity index (χ0n) is 14.5. The van der Waals surface area contributed by atoms with E-state index in [1.165, 1.54) is 23.1 Å². The van der Waals surface area contributed by atoms with Crippen molar-refractivity contribution in [3.8, 4) is 17.0 Å². The summed E-state index contributed by atoms with van der Waals surface area (Å²) in [6.07, 6.45) is 3.34. The number of aromatic nitrogens is 1. The second kappa shape index (κ2) is 7.42. The first-order chi connectivity index (χ1) is 12.3. The molecule has 1 aliphatic heterocycles. The van der Waals surface area contributed by atoms with Crippen molar-refractivity contribution in [2.24, 2.45) is 0 Å². The maximum atomic E-state index is 6.14. The first-order valence-electron chi connectivity index (χ1n) is 9.12. The number of nitrogens with zero attached hydrogens (tertiary/aromatic N) is 2. The Kier molecular flexibility index (Phi) is 4.85. The normalized spacial score (nSPS) is 17.4. The van der Waals surface area contributed by atoms with Gasteiger partial charge in [0.1, 0.15) is 18.2 Å². The summed E-state index contributed by atoms with van der Waals surface area (Å²) >= 11 is 0. The molecule has 0 radical (unpaired) electrons. The molecule has 5 heteroatoms. The third-order valence-electron chi connectivity index (χ3n) is 5.06. The van der Waals surface area contributed by atoms with Crippen molar-refractivity contribution in [2.75, 3.05) is 45.2 Å². The number of rotatable bonds is 5. The van der Waals surface area contributed by atoms with Gasteiger partial charge in [0.05, 0.1) is 18.9 Å². The fourth-order valence-electron chi connectivity index (χ4n) is 3.76. The van der Waals surface area contributed by atoms with Crippen molar-refractivity contribution in [1.82, 2.24) is 9.88 Å². The van der Waals surface area contributed by atoms with Gasteiger partial charge in [-0.25, -0.2) is 4.98 Å². The molecule has 1 aromatic carbocycles. The average Bonchev–Trinajstić information content (AvgIpc) is 3.13. The van der Waals surface area contributed by atoms with Gasteiger partial charge in [0.25, 0.3) is 0 Å². The van der Waals surface area contributed by atoms with E-state index in [0.717, 1.165) is 63.7 Å². The smallest absolute Gasteiger partial charge is 0.124 e. The van der Waals surface area contributed by atoms with E-state index in [1.54, 1.807) is 0 Å². The number of hydrogen-bond acceptors (Lipinski definition) is 5. The number of morpholine rings is 1. The van der Waals surface area contributed by atoms with Crippen LogP contribution < -0.4 is 10.5 Å². The predicted molar refractivity (Wildman–Crippen MR) is 98.9 cm³/mol. The van der Waals surface area contributed by atoms with Crippen LogP contribution in [0.15, 0.2) is 30.3 Å². The SMILES string of the molecule is Nc1cccc(-c2ccc(OCCN3CCOCC3)c3c2CCC3)n1.